The van der Waals surface area contributed by atoms with E-state index in [-0.39, 0.29) is 23.4 Å². The fourth-order valence-corrected chi connectivity index (χ4v) is 5.75. The average molecular weight is 280 g/mol. The topological polar surface area (TPSA) is 66.8 Å². The zero-order chi connectivity index (χ0) is 14.8. The van der Waals surface area contributed by atoms with Gasteiger partial charge in [-0.15, -0.1) is 0 Å². The van der Waals surface area contributed by atoms with E-state index in [0.29, 0.717) is 24.8 Å². The predicted molar refractivity (Wildman–Crippen MR) is 73.9 cm³/mol. The first-order valence-corrected chi connectivity index (χ1v) is 7.34. The number of aliphatic hydroxyl groups is 2. The molecule has 4 bridgehead atoms. The van der Waals surface area contributed by atoms with Crippen molar-refractivity contribution in [3.05, 3.63) is 12.2 Å². The van der Waals surface area contributed by atoms with Crippen LogP contribution in [0.25, 0.3) is 0 Å². The van der Waals surface area contributed by atoms with Crippen LogP contribution in [0.2, 0.25) is 0 Å². The molecule has 4 saturated carbocycles. The van der Waals surface area contributed by atoms with E-state index in [0.717, 1.165) is 19.3 Å². The van der Waals surface area contributed by atoms with E-state index in [9.17, 15) is 15.0 Å². The normalized spacial score (nSPS) is 49.2. The first-order chi connectivity index (χ1) is 9.07. The Balaban J connectivity index is 1.83. The van der Waals surface area contributed by atoms with E-state index in [4.69, 9.17) is 4.74 Å². The average Bonchev–Trinajstić information content (AvgIpc) is 2.18. The van der Waals surface area contributed by atoms with Gasteiger partial charge in [-0.05, 0) is 44.4 Å². The number of ether oxygens (including phenoxy) is 1. The van der Waals surface area contributed by atoms with E-state index in [1.54, 1.807) is 6.92 Å². The number of hydrogen-bond donors (Lipinski definition) is 2. The highest BCUT2D eigenvalue weighted by molar-refractivity contribution is 5.86. The maximum absolute atomic E-state index is 11.6. The van der Waals surface area contributed by atoms with Crippen molar-refractivity contribution in [3.8, 4) is 0 Å². The molecular weight excluding hydrogens is 256 g/mol. The third kappa shape index (κ3) is 2.19. The highest BCUT2D eigenvalue weighted by Gasteiger charge is 2.66. The molecule has 0 aromatic carbocycles. The minimum atomic E-state index is -0.798. The maximum atomic E-state index is 11.6. The van der Waals surface area contributed by atoms with Crippen molar-refractivity contribution in [2.75, 3.05) is 6.61 Å². The summed E-state index contributed by atoms with van der Waals surface area (Å²) >= 11 is 0. The van der Waals surface area contributed by atoms with Gasteiger partial charge in [-0.1, -0.05) is 13.5 Å². The second kappa shape index (κ2) is 3.86. The molecule has 4 aliphatic carbocycles. The van der Waals surface area contributed by atoms with Gasteiger partial charge >= 0.3 is 5.97 Å². The third-order valence-electron chi connectivity index (χ3n) is 5.24. The van der Waals surface area contributed by atoms with Crippen LogP contribution in [0, 0.1) is 10.8 Å². The quantitative estimate of drug-likeness (QED) is 0.612. The number of hydrogen-bond acceptors (Lipinski definition) is 4. The minimum Gasteiger partial charge on any atom is -0.462 e. The van der Waals surface area contributed by atoms with Crippen LogP contribution >= 0.6 is 0 Å². The summed E-state index contributed by atoms with van der Waals surface area (Å²) in [5, 5.41) is 21.5. The Morgan fingerprint density at radius 1 is 1.10 bits per heavy atom. The Hall–Kier alpha value is -0.870. The Morgan fingerprint density at radius 2 is 1.65 bits per heavy atom. The molecule has 0 radical (unpaired) electrons. The lowest BCUT2D eigenvalue weighted by atomic mass is 9.42. The van der Waals surface area contributed by atoms with Crippen LogP contribution in [0.3, 0.4) is 0 Å². The van der Waals surface area contributed by atoms with Gasteiger partial charge < -0.3 is 14.9 Å². The van der Waals surface area contributed by atoms with E-state index in [1.807, 2.05) is 0 Å². The maximum Gasteiger partial charge on any atom is 0.333 e. The Kier molecular flexibility index (Phi) is 2.72. The van der Waals surface area contributed by atoms with Crippen LogP contribution in [0.15, 0.2) is 12.2 Å². The van der Waals surface area contributed by atoms with Gasteiger partial charge in [-0.2, -0.15) is 0 Å². The molecule has 2 N–H and O–H groups in total. The van der Waals surface area contributed by atoms with Gasteiger partial charge in [0.2, 0.25) is 0 Å². The van der Waals surface area contributed by atoms with Crippen LogP contribution in [0.5, 0.6) is 0 Å². The number of rotatable bonds is 3. The molecule has 4 aliphatic rings. The standard InChI is InChI=1S/C16H24O4/c1-11(2)12(17)20-10-14-4-13(3)5-15(18,7-14)9-16(19,6-13)8-14/h18-19H,1,4-10H2,2-3H3. The summed E-state index contributed by atoms with van der Waals surface area (Å²) in [7, 11) is 0. The van der Waals surface area contributed by atoms with Gasteiger partial charge in [0.1, 0.15) is 0 Å². The molecule has 4 fully saturated rings. The lowest BCUT2D eigenvalue weighted by Crippen LogP contribution is -2.67. The molecule has 4 rings (SSSR count). The van der Waals surface area contributed by atoms with Crippen LogP contribution in [-0.4, -0.2) is 34.0 Å². The van der Waals surface area contributed by atoms with Crippen molar-refractivity contribution in [1.29, 1.82) is 0 Å². The van der Waals surface area contributed by atoms with Crippen LogP contribution < -0.4 is 0 Å². The monoisotopic (exact) mass is 280 g/mol. The van der Waals surface area contributed by atoms with Crippen LogP contribution in [-0.2, 0) is 9.53 Å². The second-order valence-electron chi connectivity index (χ2n) is 8.18. The van der Waals surface area contributed by atoms with Gasteiger partial charge in [0, 0.05) is 17.4 Å². The summed E-state index contributed by atoms with van der Waals surface area (Å²) in [4.78, 5) is 11.6. The smallest absolute Gasteiger partial charge is 0.333 e. The van der Waals surface area contributed by atoms with E-state index in [2.05, 4.69) is 13.5 Å². The van der Waals surface area contributed by atoms with Gasteiger partial charge in [0.25, 0.3) is 0 Å². The molecule has 0 heterocycles. The molecule has 2 unspecified atom stereocenters. The third-order valence-corrected chi connectivity index (χ3v) is 5.24. The lowest BCUT2D eigenvalue weighted by Gasteiger charge is -2.66. The molecule has 0 amide bonds. The number of esters is 1. The van der Waals surface area contributed by atoms with Crippen molar-refractivity contribution in [3.63, 3.8) is 0 Å². The molecule has 0 spiro atoms. The van der Waals surface area contributed by atoms with Crippen LogP contribution in [0.4, 0.5) is 0 Å². The van der Waals surface area contributed by atoms with Crippen LogP contribution in [0.1, 0.15) is 52.4 Å². The summed E-state index contributed by atoms with van der Waals surface area (Å²) in [5.74, 6) is -0.384. The van der Waals surface area contributed by atoms with Crippen molar-refractivity contribution in [2.45, 2.75) is 63.6 Å². The molecule has 0 saturated heterocycles. The van der Waals surface area contributed by atoms with Gasteiger partial charge in [0.15, 0.2) is 0 Å². The Morgan fingerprint density at radius 3 is 2.10 bits per heavy atom. The van der Waals surface area contributed by atoms with E-state index < -0.39 is 11.2 Å². The summed E-state index contributed by atoms with van der Waals surface area (Å²) in [5.41, 5.74) is -1.54. The highest BCUT2D eigenvalue weighted by atomic mass is 16.5. The predicted octanol–water partition coefficient (Wildman–Crippen LogP) is 1.94. The van der Waals surface area contributed by atoms with E-state index >= 15 is 0 Å². The fourth-order valence-electron chi connectivity index (χ4n) is 5.75. The summed E-state index contributed by atoms with van der Waals surface area (Å²) in [6, 6.07) is 0. The molecule has 0 aromatic heterocycles. The zero-order valence-corrected chi connectivity index (χ0v) is 12.4. The number of carbonyl (C=O) groups excluding carboxylic acids is 1. The lowest BCUT2D eigenvalue weighted by molar-refractivity contribution is -0.263. The largest absolute Gasteiger partial charge is 0.462 e. The van der Waals surface area contributed by atoms with Crippen molar-refractivity contribution < 1.29 is 19.7 Å². The highest BCUT2D eigenvalue weighted by Crippen LogP contribution is 2.67. The summed E-state index contributed by atoms with van der Waals surface area (Å²) in [6.45, 7) is 7.63. The molecule has 0 aliphatic heterocycles. The molecule has 20 heavy (non-hydrogen) atoms. The zero-order valence-electron chi connectivity index (χ0n) is 12.4. The minimum absolute atomic E-state index is 0.0477. The molecular formula is C16H24O4. The van der Waals surface area contributed by atoms with Crippen molar-refractivity contribution >= 4 is 5.97 Å². The number of carbonyl (C=O) groups is 1. The Labute approximate surface area is 119 Å². The Bertz CT molecular complexity index is 427. The van der Waals surface area contributed by atoms with Crippen molar-refractivity contribution in [2.24, 2.45) is 10.8 Å². The second-order valence-corrected chi connectivity index (χ2v) is 8.18. The molecule has 4 nitrogen and oxygen atoms in total. The van der Waals surface area contributed by atoms with Gasteiger partial charge in [-0.25, -0.2) is 4.79 Å². The molecule has 0 aromatic rings. The SMILES string of the molecule is C=C(C)C(=O)OCC12CC3(C)CC(O)(CC(O)(C3)C1)C2. The molecule has 112 valence electrons. The first kappa shape index (κ1) is 14.1. The van der Waals surface area contributed by atoms with E-state index in [1.165, 1.54) is 0 Å². The fraction of sp³-hybridized carbons (Fsp3) is 0.812. The first-order valence-electron chi connectivity index (χ1n) is 7.34. The molecule has 2 atom stereocenters. The van der Waals surface area contributed by atoms with Crippen molar-refractivity contribution in [1.82, 2.24) is 0 Å². The summed E-state index contributed by atoms with van der Waals surface area (Å²) in [6.07, 6.45) is 4.12. The van der Waals surface area contributed by atoms with Gasteiger partial charge in [-0.3, -0.25) is 0 Å². The molecule has 4 heteroatoms. The van der Waals surface area contributed by atoms with Gasteiger partial charge in [0.05, 0.1) is 17.8 Å². The summed E-state index contributed by atoms with van der Waals surface area (Å²) < 4.78 is 5.36.